The Kier molecular flexibility index (Phi) is 6.25. The summed E-state index contributed by atoms with van der Waals surface area (Å²) in [7, 11) is 0. The molecule has 0 aliphatic carbocycles. The maximum atomic E-state index is 6.00. The topological polar surface area (TPSA) is 21.3 Å². The summed E-state index contributed by atoms with van der Waals surface area (Å²) in [4.78, 5) is 0. The van der Waals surface area contributed by atoms with Crippen molar-refractivity contribution in [2.24, 2.45) is 5.92 Å². The van der Waals surface area contributed by atoms with Crippen LogP contribution in [0.5, 0.6) is 0 Å². The molecule has 1 N–H and O–H groups in total. The molecule has 0 amide bonds. The van der Waals surface area contributed by atoms with Gasteiger partial charge >= 0.3 is 0 Å². The third-order valence-electron chi connectivity index (χ3n) is 4.60. The molecule has 0 bridgehead atoms. The zero-order valence-electron chi connectivity index (χ0n) is 14.1. The summed E-state index contributed by atoms with van der Waals surface area (Å²) in [5.74, 6) is 1.26. The smallest absolute Gasteiger partial charge is 0.0757 e. The van der Waals surface area contributed by atoms with Crippen molar-refractivity contribution in [1.29, 1.82) is 0 Å². The van der Waals surface area contributed by atoms with Crippen molar-refractivity contribution in [2.75, 3.05) is 13.2 Å². The molecule has 0 saturated carbocycles. The zero-order chi connectivity index (χ0) is 15.2. The molecule has 1 saturated heterocycles. The number of benzene rings is 1. The monoisotopic (exact) mass is 289 g/mol. The second-order valence-corrected chi connectivity index (χ2v) is 6.76. The maximum Gasteiger partial charge on any atom is 0.0757 e. The Balaban J connectivity index is 2.03. The summed E-state index contributed by atoms with van der Waals surface area (Å²) in [6.45, 7) is 11.0. The molecular weight excluding hydrogens is 258 g/mol. The van der Waals surface area contributed by atoms with Gasteiger partial charge in [-0.15, -0.1) is 0 Å². The van der Waals surface area contributed by atoms with Crippen LogP contribution in [0.3, 0.4) is 0 Å². The Labute approximate surface area is 130 Å². The van der Waals surface area contributed by atoms with Gasteiger partial charge in [0.1, 0.15) is 0 Å². The summed E-state index contributed by atoms with van der Waals surface area (Å²) < 4.78 is 6.00. The molecule has 21 heavy (non-hydrogen) atoms. The fraction of sp³-hybridized carbons (Fsp3) is 0.684. The van der Waals surface area contributed by atoms with E-state index in [9.17, 15) is 0 Å². The third-order valence-corrected chi connectivity index (χ3v) is 4.60. The minimum Gasteiger partial charge on any atom is -0.376 e. The molecular formula is C19H31NO. The maximum absolute atomic E-state index is 6.00. The Morgan fingerprint density at radius 3 is 2.48 bits per heavy atom. The Morgan fingerprint density at radius 1 is 1.24 bits per heavy atom. The first-order chi connectivity index (χ1) is 10.1. The van der Waals surface area contributed by atoms with Gasteiger partial charge in [-0.3, -0.25) is 0 Å². The minimum absolute atomic E-state index is 0.362. The van der Waals surface area contributed by atoms with Crippen LogP contribution in [-0.2, 0) is 11.2 Å². The normalized spacial score (nSPS) is 23.7. The Bertz CT molecular complexity index is 412. The molecule has 2 nitrogen and oxygen atoms in total. The minimum atomic E-state index is 0.362. The first-order valence-corrected chi connectivity index (χ1v) is 8.55. The molecule has 1 fully saturated rings. The van der Waals surface area contributed by atoms with E-state index in [0.29, 0.717) is 24.0 Å². The fourth-order valence-corrected chi connectivity index (χ4v) is 3.16. The van der Waals surface area contributed by atoms with E-state index in [2.05, 4.69) is 57.3 Å². The predicted octanol–water partition coefficient (Wildman–Crippen LogP) is 4.15. The summed E-state index contributed by atoms with van der Waals surface area (Å²) in [5, 5.41) is 3.70. The highest BCUT2D eigenvalue weighted by atomic mass is 16.5. The molecule has 2 heteroatoms. The lowest BCUT2D eigenvalue weighted by Crippen LogP contribution is -2.44. The van der Waals surface area contributed by atoms with Gasteiger partial charge in [-0.25, -0.2) is 0 Å². The van der Waals surface area contributed by atoms with E-state index < -0.39 is 0 Å². The van der Waals surface area contributed by atoms with Gasteiger partial charge < -0.3 is 10.1 Å². The highest BCUT2D eigenvalue weighted by molar-refractivity contribution is 5.25. The van der Waals surface area contributed by atoms with E-state index in [4.69, 9.17) is 4.74 Å². The number of hydrogen-bond acceptors (Lipinski definition) is 2. The summed E-state index contributed by atoms with van der Waals surface area (Å²) in [5.41, 5.74) is 2.83. The zero-order valence-corrected chi connectivity index (χ0v) is 14.1. The lowest BCUT2D eigenvalue weighted by atomic mass is 9.92. The molecule has 3 unspecified atom stereocenters. The van der Waals surface area contributed by atoms with Crippen molar-refractivity contribution in [3.05, 3.63) is 35.4 Å². The lowest BCUT2D eigenvalue weighted by Gasteiger charge is -2.27. The second-order valence-electron chi connectivity index (χ2n) is 6.76. The van der Waals surface area contributed by atoms with E-state index in [0.717, 1.165) is 19.6 Å². The van der Waals surface area contributed by atoms with E-state index in [1.54, 1.807) is 0 Å². The van der Waals surface area contributed by atoms with Crippen molar-refractivity contribution in [3.63, 3.8) is 0 Å². The van der Waals surface area contributed by atoms with E-state index in [1.807, 2.05) is 0 Å². The van der Waals surface area contributed by atoms with Gasteiger partial charge in [0.15, 0.2) is 0 Å². The van der Waals surface area contributed by atoms with Crippen molar-refractivity contribution in [3.8, 4) is 0 Å². The molecule has 1 heterocycles. The van der Waals surface area contributed by atoms with Crippen molar-refractivity contribution < 1.29 is 4.74 Å². The number of nitrogens with one attached hydrogen (secondary N) is 1. The van der Waals surface area contributed by atoms with Crippen molar-refractivity contribution in [1.82, 2.24) is 5.32 Å². The average molecular weight is 289 g/mol. The van der Waals surface area contributed by atoms with Gasteiger partial charge in [-0.1, -0.05) is 52.0 Å². The number of hydrogen-bond donors (Lipinski definition) is 1. The van der Waals surface area contributed by atoms with Crippen LogP contribution in [0, 0.1) is 5.92 Å². The van der Waals surface area contributed by atoms with Gasteiger partial charge in [0.05, 0.1) is 6.10 Å². The van der Waals surface area contributed by atoms with Gasteiger partial charge in [-0.05, 0) is 48.8 Å². The van der Waals surface area contributed by atoms with E-state index in [1.165, 1.54) is 24.0 Å². The quantitative estimate of drug-likeness (QED) is 0.814. The molecule has 1 aliphatic heterocycles. The first kappa shape index (κ1) is 16.5. The van der Waals surface area contributed by atoms with E-state index >= 15 is 0 Å². The largest absolute Gasteiger partial charge is 0.376 e. The molecule has 2 rings (SSSR count). The SMILES string of the molecule is CCCNC(Cc1ccc(C(C)C)cc1)C1OCCC1C. The lowest BCUT2D eigenvalue weighted by molar-refractivity contribution is 0.0610. The van der Waals surface area contributed by atoms with Gasteiger partial charge in [0, 0.05) is 12.6 Å². The fourth-order valence-electron chi connectivity index (χ4n) is 3.16. The van der Waals surface area contributed by atoms with Gasteiger partial charge in [-0.2, -0.15) is 0 Å². The van der Waals surface area contributed by atoms with Crippen LogP contribution in [0.2, 0.25) is 0 Å². The highest BCUT2D eigenvalue weighted by Gasteiger charge is 2.31. The predicted molar refractivity (Wildman–Crippen MR) is 89.8 cm³/mol. The molecule has 1 aliphatic rings. The summed E-state index contributed by atoms with van der Waals surface area (Å²) in [6.07, 6.45) is 3.79. The van der Waals surface area contributed by atoms with Crippen LogP contribution >= 0.6 is 0 Å². The molecule has 1 aromatic carbocycles. The summed E-state index contributed by atoms with van der Waals surface area (Å²) >= 11 is 0. The van der Waals surface area contributed by atoms with Crippen LogP contribution in [0.15, 0.2) is 24.3 Å². The van der Waals surface area contributed by atoms with Crippen LogP contribution in [0.25, 0.3) is 0 Å². The summed E-state index contributed by atoms with van der Waals surface area (Å²) in [6, 6.07) is 9.56. The third kappa shape index (κ3) is 4.55. The molecule has 3 atom stereocenters. The van der Waals surface area contributed by atoms with Crippen molar-refractivity contribution in [2.45, 2.75) is 65.0 Å². The highest BCUT2D eigenvalue weighted by Crippen LogP contribution is 2.25. The molecule has 1 aromatic rings. The van der Waals surface area contributed by atoms with Crippen molar-refractivity contribution >= 4 is 0 Å². The average Bonchev–Trinajstić information content (AvgIpc) is 2.90. The van der Waals surface area contributed by atoms with Gasteiger partial charge in [0.25, 0.3) is 0 Å². The van der Waals surface area contributed by atoms with Crippen LogP contribution in [0.1, 0.15) is 57.6 Å². The first-order valence-electron chi connectivity index (χ1n) is 8.55. The van der Waals surface area contributed by atoms with Crippen LogP contribution in [0.4, 0.5) is 0 Å². The molecule has 0 aromatic heterocycles. The molecule has 0 spiro atoms. The number of ether oxygens (including phenoxy) is 1. The van der Waals surface area contributed by atoms with Crippen LogP contribution < -0.4 is 5.32 Å². The Hall–Kier alpha value is -0.860. The molecule has 118 valence electrons. The number of rotatable bonds is 7. The second kappa shape index (κ2) is 7.95. The standard InChI is InChI=1S/C19H31NO/c1-5-11-20-18(19-15(4)10-12-21-19)13-16-6-8-17(9-7-16)14(2)3/h6-9,14-15,18-20H,5,10-13H2,1-4H3. The van der Waals surface area contributed by atoms with E-state index in [-0.39, 0.29) is 0 Å². The van der Waals surface area contributed by atoms with Gasteiger partial charge in [0.2, 0.25) is 0 Å². The molecule has 0 radical (unpaired) electrons. The Morgan fingerprint density at radius 2 is 1.95 bits per heavy atom. The van der Waals surface area contributed by atoms with Crippen LogP contribution in [-0.4, -0.2) is 25.3 Å².